The average molecular weight is 308 g/mol. The topological polar surface area (TPSA) is 67.4 Å². The van der Waals surface area contributed by atoms with E-state index in [2.05, 4.69) is 10.6 Å². The standard InChI is InChI=1S/C15H20N2O3S/c1-3-20-12-6-8-13(9-7-12)21-10(2)14(18)17-15(19)16-11-4-5-11/h6-11H,3-5H2,1-2H3,(H2,16,17,18,19). The number of benzene rings is 1. The first-order chi connectivity index (χ1) is 10.1. The summed E-state index contributed by atoms with van der Waals surface area (Å²) >= 11 is 1.41. The van der Waals surface area contributed by atoms with Crippen LogP contribution in [0.3, 0.4) is 0 Å². The van der Waals surface area contributed by atoms with Crippen LogP contribution in [-0.4, -0.2) is 29.8 Å². The van der Waals surface area contributed by atoms with Crippen LogP contribution >= 0.6 is 11.8 Å². The van der Waals surface area contributed by atoms with Crippen LogP contribution in [0.5, 0.6) is 5.75 Å². The highest BCUT2D eigenvalue weighted by molar-refractivity contribution is 8.00. The molecule has 3 amide bonds. The van der Waals surface area contributed by atoms with Gasteiger partial charge in [-0.25, -0.2) is 4.79 Å². The minimum absolute atomic E-state index is 0.242. The number of imide groups is 1. The normalized spacial score (nSPS) is 15.1. The van der Waals surface area contributed by atoms with E-state index < -0.39 is 6.03 Å². The van der Waals surface area contributed by atoms with E-state index >= 15 is 0 Å². The Balaban J connectivity index is 1.80. The van der Waals surface area contributed by atoms with Crippen molar-refractivity contribution in [3.63, 3.8) is 0 Å². The lowest BCUT2D eigenvalue weighted by Crippen LogP contribution is -2.43. The second-order valence-corrected chi connectivity index (χ2v) is 6.32. The second kappa shape index (κ2) is 7.36. The third-order valence-corrected chi connectivity index (χ3v) is 4.08. The van der Waals surface area contributed by atoms with Crippen molar-refractivity contribution in [2.24, 2.45) is 0 Å². The molecule has 0 spiro atoms. The molecule has 1 aliphatic carbocycles. The van der Waals surface area contributed by atoms with Crippen LogP contribution in [0.25, 0.3) is 0 Å². The zero-order valence-corrected chi connectivity index (χ0v) is 13.0. The Hall–Kier alpha value is -1.69. The molecule has 1 aliphatic rings. The summed E-state index contributed by atoms with van der Waals surface area (Å²) in [6, 6.07) is 7.40. The predicted octanol–water partition coefficient (Wildman–Crippen LogP) is 2.55. The molecule has 21 heavy (non-hydrogen) atoms. The number of carbonyl (C=O) groups is 2. The zero-order chi connectivity index (χ0) is 15.2. The fraction of sp³-hybridized carbons (Fsp3) is 0.467. The molecule has 2 N–H and O–H groups in total. The monoisotopic (exact) mass is 308 g/mol. The van der Waals surface area contributed by atoms with Crippen LogP contribution in [0, 0.1) is 0 Å². The number of thioether (sulfide) groups is 1. The average Bonchev–Trinajstić information content (AvgIpc) is 3.25. The molecule has 1 saturated carbocycles. The highest BCUT2D eigenvalue weighted by Crippen LogP contribution is 2.25. The number of urea groups is 1. The summed E-state index contributed by atoms with van der Waals surface area (Å²) in [5.74, 6) is 0.523. The van der Waals surface area contributed by atoms with Crippen LogP contribution in [0.4, 0.5) is 4.79 Å². The largest absolute Gasteiger partial charge is 0.494 e. The van der Waals surface area contributed by atoms with Crippen LogP contribution in [0.1, 0.15) is 26.7 Å². The third kappa shape index (κ3) is 5.30. The third-order valence-electron chi connectivity index (χ3n) is 2.97. The number of amides is 3. The summed E-state index contributed by atoms with van der Waals surface area (Å²) in [7, 11) is 0. The number of hydrogen-bond donors (Lipinski definition) is 2. The van der Waals surface area contributed by atoms with Crippen molar-refractivity contribution in [1.29, 1.82) is 0 Å². The number of ether oxygens (including phenoxy) is 1. The number of hydrogen-bond acceptors (Lipinski definition) is 4. The Kier molecular flexibility index (Phi) is 5.50. The molecule has 0 bridgehead atoms. The van der Waals surface area contributed by atoms with Crippen molar-refractivity contribution in [3.05, 3.63) is 24.3 Å². The molecule has 0 aromatic heterocycles. The Labute approximate surface area is 128 Å². The van der Waals surface area contributed by atoms with Crippen LogP contribution in [0.2, 0.25) is 0 Å². The molecule has 1 atom stereocenters. The molecule has 6 heteroatoms. The van der Waals surface area contributed by atoms with E-state index in [-0.39, 0.29) is 17.2 Å². The van der Waals surface area contributed by atoms with Crippen molar-refractivity contribution in [1.82, 2.24) is 10.6 Å². The summed E-state index contributed by atoms with van der Waals surface area (Å²) in [6.07, 6.45) is 2.00. The molecule has 5 nitrogen and oxygen atoms in total. The van der Waals surface area contributed by atoms with Gasteiger partial charge in [0.15, 0.2) is 0 Å². The first kappa shape index (κ1) is 15.7. The van der Waals surface area contributed by atoms with Crippen molar-refractivity contribution < 1.29 is 14.3 Å². The van der Waals surface area contributed by atoms with Gasteiger partial charge in [-0.3, -0.25) is 10.1 Å². The molecule has 1 unspecified atom stereocenters. The maximum absolute atomic E-state index is 11.9. The van der Waals surface area contributed by atoms with Gasteiger partial charge in [0, 0.05) is 10.9 Å². The fourth-order valence-corrected chi connectivity index (χ4v) is 2.57. The maximum Gasteiger partial charge on any atom is 0.321 e. The van der Waals surface area contributed by atoms with Gasteiger partial charge in [0.25, 0.3) is 0 Å². The summed E-state index contributed by atoms with van der Waals surface area (Å²) in [4.78, 5) is 24.4. The molecular weight excluding hydrogens is 288 g/mol. The van der Waals surface area contributed by atoms with Crippen molar-refractivity contribution in [2.75, 3.05) is 6.61 Å². The van der Waals surface area contributed by atoms with E-state index in [1.165, 1.54) is 11.8 Å². The fourth-order valence-electron chi connectivity index (χ4n) is 1.70. The van der Waals surface area contributed by atoms with E-state index in [1.54, 1.807) is 6.92 Å². The number of rotatable bonds is 6. The molecule has 1 aromatic carbocycles. The van der Waals surface area contributed by atoms with Crippen molar-refractivity contribution >= 4 is 23.7 Å². The quantitative estimate of drug-likeness (QED) is 0.793. The molecule has 0 aliphatic heterocycles. The van der Waals surface area contributed by atoms with Crippen molar-refractivity contribution in [3.8, 4) is 5.75 Å². The highest BCUT2D eigenvalue weighted by Gasteiger charge is 2.25. The van der Waals surface area contributed by atoms with Crippen molar-refractivity contribution in [2.45, 2.75) is 42.9 Å². The first-order valence-electron chi connectivity index (χ1n) is 7.09. The minimum atomic E-state index is -0.401. The Bertz CT molecular complexity index is 500. The van der Waals surface area contributed by atoms with Gasteiger partial charge >= 0.3 is 6.03 Å². The highest BCUT2D eigenvalue weighted by atomic mass is 32.2. The molecule has 2 rings (SSSR count). The van der Waals surface area contributed by atoms with Gasteiger partial charge in [0.05, 0.1) is 11.9 Å². The van der Waals surface area contributed by atoms with Gasteiger partial charge in [0.1, 0.15) is 5.75 Å². The summed E-state index contributed by atoms with van der Waals surface area (Å²) in [6.45, 7) is 4.34. The molecule has 1 fully saturated rings. The lowest BCUT2D eigenvalue weighted by molar-refractivity contribution is -0.119. The SMILES string of the molecule is CCOc1ccc(SC(C)C(=O)NC(=O)NC2CC2)cc1. The minimum Gasteiger partial charge on any atom is -0.494 e. The van der Waals surface area contributed by atoms with Gasteiger partial charge in [0.2, 0.25) is 5.91 Å². The number of carbonyl (C=O) groups excluding carboxylic acids is 2. The maximum atomic E-state index is 11.9. The van der Waals surface area contributed by atoms with Gasteiger partial charge in [-0.05, 0) is 51.0 Å². The van der Waals surface area contributed by atoms with E-state index in [4.69, 9.17) is 4.74 Å². The first-order valence-corrected chi connectivity index (χ1v) is 7.97. The molecule has 0 radical (unpaired) electrons. The van der Waals surface area contributed by atoms with E-state index in [9.17, 15) is 9.59 Å². The molecule has 114 valence electrons. The second-order valence-electron chi connectivity index (χ2n) is 4.90. The molecule has 0 heterocycles. The zero-order valence-electron chi connectivity index (χ0n) is 12.2. The number of nitrogens with one attached hydrogen (secondary N) is 2. The predicted molar refractivity (Wildman–Crippen MR) is 82.6 cm³/mol. The van der Waals surface area contributed by atoms with Crippen LogP contribution in [-0.2, 0) is 4.79 Å². The van der Waals surface area contributed by atoms with E-state index in [0.717, 1.165) is 23.5 Å². The Morgan fingerprint density at radius 2 is 2.00 bits per heavy atom. The summed E-state index contributed by atoms with van der Waals surface area (Å²) in [5.41, 5.74) is 0. The summed E-state index contributed by atoms with van der Waals surface area (Å²) < 4.78 is 5.37. The van der Waals surface area contributed by atoms with Crippen LogP contribution in [0.15, 0.2) is 29.2 Å². The molecule has 0 saturated heterocycles. The lowest BCUT2D eigenvalue weighted by atomic mass is 10.3. The van der Waals surface area contributed by atoms with Gasteiger partial charge in [-0.1, -0.05) is 0 Å². The van der Waals surface area contributed by atoms with Gasteiger partial charge < -0.3 is 10.1 Å². The van der Waals surface area contributed by atoms with E-state index in [1.807, 2.05) is 31.2 Å². The molecular formula is C15H20N2O3S. The Morgan fingerprint density at radius 1 is 1.33 bits per heavy atom. The van der Waals surface area contributed by atoms with Crippen LogP contribution < -0.4 is 15.4 Å². The Morgan fingerprint density at radius 3 is 2.57 bits per heavy atom. The molecule has 1 aromatic rings. The summed E-state index contributed by atoms with van der Waals surface area (Å²) in [5, 5.41) is 4.76. The lowest BCUT2D eigenvalue weighted by Gasteiger charge is -2.12. The smallest absolute Gasteiger partial charge is 0.321 e. The van der Waals surface area contributed by atoms with Gasteiger partial charge in [-0.2, -0.15) is 0 Å². The van der Waals surface area contributed by atoms with Gasteiger partial charge in [-0.15, -0.1) is 11.8 Å². The van der Waals surface area contributed by atoms with E-state index in [0.29, 0.717) is 6.61 Å².